The summed E-state index contributed by atoms with van der Waals surface area (Å²) in [6, 6.07) is 0.838. The van der Waals surface area contributed by atoms with E-state index >= 15 is 0 Å². The van der Waals surface area contributed by atoms with E-state index in [0.29, 0.717) is 46.8 Å². The van der Waals surface area contributed by atoms with Gasteiger partial charge in [-0.2, -0.15) is 0 Å². The van der Waals surface area contributed by atoms with Crippen LogP contribution in [0.2, 0.25) is 0 Å². The summed E-state index contributed by atoms with van der Waals surface area (Å²) >= 11 is 0. The quantitative estimate of drug-likeness (QED) is 0.383. The van der Waals surface area contributed by atoms with Crippen molar-refractivity contribution >= 4 is 6.03 Å². The van der Waals surface area contributed by atoms with Crippen LogP contribution in [-0.4, -0.2) is 36.6 Å². The van der Waals surface area contributed by atoms with Gasteiger partial charge in [-0.25, -0.2) is 4.79 Å². The lowest BCUT2D eigenvalue weighted by Crippen LogP contribution is -2.57. The van der Waals surface area contributed by atoms with Crippen LogP contribution < -0.4 is 10.6 Å². The van der Waals surface area contributed by atoms with E-state index < -0.39 is 0 Å². The standard InChI is InChI=1S/C34H56N2O3/c1-21-12-17-34(38-20-21)22(2)30-29(39-34)19-28-26-11-10-23-18-25(36-31(37)35-24-8-6-5-7-9-24)13-15-32(23,3)27(26)14-16-33(28,30)4/h21-30H,5-20H2,1-4H3,(H2,35,36,37)/t21-,22-,23+,25+,26+,27-,28-,29-,30-,32-,33-,34+/m0/s1. The summed E-state index contributed by atoms with van der Waals surface area (Å²) in [5.41, 5.74) is 0.844. The van der Waals surface area contributed by atoms with Crippen LogP contribution in [0.15, 0.2) is 0 Å². The number of rotatable bonds is 2. The molecule has 7 rings (SSSR count). The molecular formula is C34H56N2O3. The first-order valence-corrected chi connectivity index (χ1v) is 17.1. The summed E-state index contributed by atoms with van der Waals surface area (Å²) in [6.45, 7) is 11.0. The van der Waals surface area contributed by atoms with E-state index in [1.165, 1.54) is 70.6 Å². The topological polar surface area (TPSA) is 59.6 Å². The molecule has 2 heterocycles. The number of fused-ring (bicyclic) bond motifs is 7. The maximum Gasteiger partial charge on any atom is 0.315 e. The molecule has 2 saturated heterocycles. The third-order valence-corrected chi connectivity index (χ3v) is 14.2. The van der Waals surface area contributed by atoms with Gasteiger partial charge in [0.25, 0.3) is 0 Å². The molecule has 2 aliphatic heterocycles. The van der Waals surface area contributed by atoms with Crippen molar-refractivity contribution in [3.63, 3.8) is 0 Å². The van der Waals surface area contributed by atoms with Crippen molar-refractivity contribution in [3.05, 3.63) is 0 Å². The average Bonchev–Trinajstić information content (AvgIpc) is 3.36. The molecule has 0 unspecified atom stereocenters. The molecule has 5 aliphatic carbocycles. The Morgan fingerprint density at radius 1 is 0.769 bits per heavy atom. The molecule has 0 aromatic heterocycles. The molecule has 220 valence electrons. The first-order valence-electron chi connectivity index (χ1n) is 17.1. The second-order valence-electron chi connectivity index (χ2n) is 16.1. The zero-order valence-corrected chi connectivity index (χ0v) is 25.3. The van der Waals surface area contributed by atoms with E-state index in [4.69, 9.17) is 9.47 Å². The van der Waals surface area contributed by atoms with Crippen LogP contribution in [0.25, 0.3) is 0 Å². The summed E-state index contributed by atoms with van der Waals surface area (Å²) in [7, 11) is 0. The van der Waals surface area contributed by atoms with E-state index in [-0.39, 0.29) is 11.8 Å². The Morgan fingerprint density at radius 3 is 2.31 bits per heavy atom. The van der Waals surface area contributed by atoms with Gasteiger partial charge < -0.3 is 20.1 Å². The molecule has 5 heteroatoms. The van der Waals surface area contributed by atoms with Gasteiger partial charge in [-0.05, 0) is 117 Å². The summed E-state index contributed by atoms with van der Waals surface area (Å²) in [6.07, 6.45) is 19.3. The van der Waals surface area contributed by atoms with Crippen molar-refractivity contribution in [3.8, 4) is 0 Å². The van der Waals surface area contributed by atoms with Gasteiger partial charge in [0.15, 0.2) is 5.79 Å². The number of urea groups is 1. The Morgan fingerprint density at radius 2 is 1.54 bits per heavy atom. The first kappa shape index (κ1) is 27.0. The Hall–Kier alpha value is -0.810. The molecule has 0 aromatic carbocycles. The fourth-order valence-corrected chi connectivity index (χ4v) is 12.1. The molecule has 7 fully saturated rings. The molecule has 5 nitrogen and oxygen atoms in total. The third-order valence-electron chi connectivity index (χ3n) is 14.2. The van der Waals surface area contributed by atoms with Crippen molar-refractivity contribution in [1.82, 2.24) is 10.6 Å². The second-order valence-corrected chi connectivity index (χ2v) is 16.1. The SMILES string of the molecule is C[C@H]1CC[C@@]2(OC1)O[C@H]1C[C@H]3[C@@H]4CC[C@@H]5C[C@H](NC(=O)NC6CCCCC6)CC[C@]5(C)[C@H]4CC[C@]3(C)[C@H]1[C@@H]2C. The summed E-state index contributed by atoms with van der Waals surface area (Å²) in [5.74, 6) is 4.80. The normalized spacial score (nSPS) is 53.4. The lowest BCUT2D eigenvalue weighted by atomic mass is 9.44. The average molecular weight is 541 g/mol. The van der Waals surface area contributed by atoms with Crippen LogP contribution in [0.5, 0.6) is 0 Å². The predicted octanol–water partition coefficient (Wildman–Crippen LogP) is 7.43. The van der Waals surface area contributed by atoms with Crippen molar-refractivity contribution < 1.29 is 14.3 Å². The highest BCUT2D eigenvalue weighted by Gasteiger charge is 2.69. The van der Waals surface area contributed by atoms with E-state index in [2.05, 4.69) is 38.3 Å². The molecular weight excluding hydrogens is 484 g/mol. The lowest BCUT2D eigenvalue weighted by Gasteiger charge is -2.61. The monoisotopic (exact) mass is 540 g/mol. The van der Waals surface area contributed by atoms with Crippen molar-refractivity contribution in [2.75, 3.05) is 6.61 Å². The highest BCUT2D eigenvalue weighted by Crippen LogP contribution is 2.71. The largest absolute Gasteiger partial charge is 0.349 e. The fraction of sp³-hybridized carbons (Fsp3) is 0.971. The molecule has 1 spiro atoms. The highest BCUT2D eigenvalue weighted by molar-refractivity contribution is 5.74. The molecule has 0 bridgehead atoms. The molecule has 39 heavy (non-hydrogen) atoms. The third kappa shape index (κ3) is 4.33. The van der Waals surface area contributed by atoms with Crippen LogP contribution in [0.4, 0.5) is 4.79 Å². The Kier molecular flexibility index (Phi) is 6.86. The molecule has 12 atom stereocenters. The van der Waals surface area contributed by atoms with Gasteiger partial charge >= 0.3 is 6.03 Å². The zero-order chi connectivity index (χ0) is 27.0. The van der Waals surface area contributed by atoms with Crippen LogP contribution in [-0.2, 0) is 9.47 Å². The number of carbonyl (C=O) groups excluding carboxylic acids is 1. The van der Waals surface area contributed by atoms with E-state index in [1.54, 1.807) is 0 Å². The van der Waals surface area contributed by atoms with Crippen LogP contribution in [0, 0.1) is 52.3 Å². The van der Waals surface area contributed by atoms with Gasteiger partial charge in [0, 0.05) is 24.4 Å². The van der Waals surface area contributed by atoms with Gasteiger partial charge in [0.1, 0.15) is 0 Å². The maximum absolute atomic E-state index is 12.8. The minimum absolute atomic E-state index is 0.0958. The molecule has 0 radical (unpaired) electrons. The van der Waals surface area contributed by atoms with Crippen molar-refractivity contribution in [2.24, 2.45) is 52.3 Å². The van der Waals surface area contributed by atoms with Crippen LogP contribution in [0.3, 0.4) is 0 Å². The van der Waals surface area contributed by atoms with E-state index in [1.807, 2.05) is 0 Å². The highest BCUT2D eigenvalue weighted by atomic mass is 16.7. The van der Waals surface area contributed by atoms with E-state index in [0.717, 1.165) is 56.0 Å². The molecule has 2 amide bonds. The summed E-state index contributed by atoms with van der Waals surface area (Å²) < 4.78 is 13.5. The summed E-state index contributed by atoms with van der Waals surface area (Å²) in [5, 5.41) is 6.71. The zero-order valence-electron chi connectivity index (χ0n) is 25.3. The Labute approximate surface area is 237 Å². The van der Waals surface area contributed by atoms with Gasteiger partial charge in [0.2, 0.25) is 0 Å². The molecule has 0 aromatic rings. The molecule has 2 N–H and O–H groups in total. The molecule has 7 aliphatic rings. The Bertz CT molecular complexity index is 925. The molecule has 5 saturated carbocycles. The number of hydrogen-bond acceptors (Lipinski definition) is 3. The van der Waals surface area contributed by atoms with Crippen LogP contribution in [0.1, 0.15) is 124 Å². The number of carbonyl (C=O) groups is 1. The van der Waals surface area contributed by atoms with Gasteiger partial charge in [-0.3, -0.25) is 0 Å². The maximum atomic E-state index is 12.8. The minimum atomic E-state index is -0.301. The minimum Gasteiger partial charge on any atom is -0.349 e. The van der Waals surface area contributed by atoms with Crippen LogP contribution >= 0.6 is 0 Å². The van der Waals surface area contributed by atoms with Crippen molar-refractivity contribution in [1.29, 1.82) is 0 Å². The van der Waals surface area contributed by atoms with Gasteiger partial charge in [-0.15, -0.1) is 0 Å². The number of nitrogens with one attached hydrogen (secondary N) is 2. The number of amides is 2. The first-order chi connectivity index (χ1) is 18.7. The second kappa shape index (κ2) is 9.89. The lowest BCUT2D eigenvalue weighted by molar-refractivity contribution is -0.273. The number of hydrogen-bond donors (Lipinski definition) is 2. The smallest absolute Gasteiger partial charge is 0.315 e. The van der Waals surface area contributed by atoms with E-state index in [9.17, 15) is 4.79 Å². The van der Waals surface area contributed by atoms with Crippen molar-refractivity contribution in [2.45, 2.75) is 148 Å². The predicted molar refractivity (Wildman–Crippen MR) is 154 cm³/mol. The summed E-state index contributed by atoms with van der Waals surface area (Å²) in [4.78, 5) is 12.8. The Balaban J connectivity index is 1.00. The fourth-order valence-electron chi connectivity index (χ4n) is 12.1. The van der Waals surface area contributed by atoms with Gasteiger partial charge in [0.05, 0.1) is 12.7 Å². The number of ether oxygens (including phenoxy) is 2. The van der Waals surface area contributed by atoms with Gasteiger partial charge in [-0.1, -0.05) is 47.0 Å².